The lowest BCUT2D eigenvalue weighted by molar-refractivity contribution is -0.00246. The fourth-order valence-corrected chi connectivity index (χ4v) is 2.71. The zero-order chi connectivity index (χ0) is 14.2. The van der Waals surface area contributed by atoms with E-state index in [1.54, 1.807) is 4.90 Å². The Morgan fingerprint density at radius 1 is 1.40 bits per heavy atom. The van der Waals surface area contributed by atoms with Gasteiger partial charge in [-0.05, 0) is 36.8 Å². The number of urea groups is 1. The summed E-state index contributed by atoms with van der Waals surface area (Å²) >= 11 is 0. The highest BCUT2D eigenvalue weighted by Crippen LogP contribution is 2.43. The van der Waals surface area contributed by atoms with Crippen molar-refractivity contribution >= 4 is 11.7 Å². The molecule has 108 valence electrons. The van der Waals surface area contributed by atoms with Crippen molar-refractivity contribution in [1.82, 2.24) is 4.90 Å². The molecule has 1 heterocycles. The van der Waals surface area contributed by atoms with Crippen molar-refractivity contribution in [3.63, 3.8) is 0 Å². The highest BCUT2D eigenvalue weighted by Gasteiger charge is 2.38. The standard InChI is InChI=1S/C15H20N2O3/c18-10-15(20)7-8-17(9-15)14(19)16-13-4-2-1-3-12(13)11-5-6-11/h1-4,11,18,20H,5-10H2,(H,16,19). The van der Waals surface area contributed by atoms with Gasteiger partial charge in [0.25, 0.3) is 0 Å². The van der Waals surface area contributed by atoms with Gasteiger partial charge in [0.05, 0.1) is 13.2 Å². The van der Waals surface area contributed by atoms with Gasteiger partial charge >= 0.3 is 6.03 Å². The van der Waals surface area contributed by atoms with E-state index in [0.717, 1.165) is 5.69 Å². The van der Waals surface area contributed by atoms with Crippen molar-refractivity contribution in [3.8, 4) is 0 Å². The van der Waals surface area contributed by atoms with E-state index in [9.17, 15) is 9.90 Å². The van der Waals surface area contributed by atoms with E-state index in [4.69, 9.17) is 5.11 Å². The van der Waals surface area contributed by atoms with Crippen molar-refractivity contribution < 1.29 is 15.0 Å². The van der Waals surface area contributed by atoms with E-state index >= 15 is 0 Å². The van der Waals surface area contributed by atoms with Crippen LogP contribution in [0.1, 0.15) is 30.7 Å². The third-order valence-electron chi connectivity index (χ3n) is 4.13. The number of hydrogen-bond acceptors (Lipinski definition) is 3. The monoisotopic (exact) mass is 276 g/mol. The third kappa shape index (κ3) is 2.64. The second kappa shape index (κ2) is 5.07. The van der Waals surface area contributed by atoms with Gasteiger partial charge in [0.15, 0.2) is 0 Å². The van der Waals surface area contributed by atoms with Crippen LogP contribution in [0.15, 0.2) is 24.3 Å². The Kier molecular flexibility index (Phi) is 3.40. The average Bonchev–Trinajstić information content (AvgIpc) is 3.22. The maximum absolute atomic E-state index is 12.2. The summed E-state index contributed by atoms with van der Waals surface area (Å²) in [6.45, 7) is 0.338. The summed E-state index contributed by atoms with van der Waals surface area (Å²) in [7, 11) is 0. The molecule has 20 heavy (non-hydrogen) atoms. The van der Waals surface area contributed by atoms with Crippen LogP contribution in [0, 0.1) is 0 Å². The van der Waals surface area contributed by atoms with Crippen LogP contribution < -0.4 is 5.32 Å². The zero-order valence-electron chi connectivity index (χ0n) is 11.4. The van der Waals surface area contributed by atoms with Crippen molar-refractivity contribution in [2.24, 2.45) is 0 Å². The SMILES string of the molecule is O=C(Nc1ccccc1C1CC1)N1CCC(O)(CO)C1. The van der Waals surface area contributed by atoms with Gasteiger partial charge in [0, 0.05) is 12.2 Å². The number of amides is 2. The first-order valence-electron chi connectivity index (χ1n) is 7.09. The Bertz CT molecular complexity index is 516. The molecule has 3 rings (SSSR count). The largest absolute Gasteiger partial charge is 0.393 e. The van der Waals surface area contributed by atoms with E-state index < -0.39 is 5.60 Å². The number of β-amino-alcohol motifs (C(OH)–C–C–N with tert-alkyl or cyclic N) is 1. The maximum atomic E-state index is 12.2. The van der Waals surface area contributed by atoms with Crippen LogP contribution in [0.2, 0.25) is 0 Å². The molecule has 1 atom stereocenters. The number of nitrogens with zero attached hydrogens (tertiary/aromatic N) is 1. The Balaban J connectivity index is 1.68. The first-order chi connectivity index (χ1) is 9.61. The summed E-state index contributed by atoms with van der Waals surface area (Å²) in [4.78, 5) is 13.8. The second-order valence-corrected chi connectivity index (χ2v) is 5.85. The smallest absolute Gasteiger partial charge is 0.321 e. The van der Waals surface area contributed by atoms with Crippen molar-refractivity contribution in [1.29, 1.82) is 0 Å². The van der Waals surface area contributed by atoms with E-state index in [-0.39, 0.29) is 19.2 Å². The third-order valence-corrected chi connectivity index (χ3v) is 4.13. The number of nitrogens with one attached hydrogen (secondary N) is 1. The highest BCUT2D eigenvalue weighted by molar-refractivity contribution is 5.90. The number of aliphatic hydroxyl groups is 2. The molecule has 1 saturated heterocycles. The van der Waals surface area contributed by atoms with Gasteiger partial charge in [-0.25, -0.2) is 4.79 Å². The number of carbonyl (C=O) groups is 1. The molecule has 1 saturated carbocycles. The zero-order valence-corrected chi connectivity index (χ0v) is 11.4. The average molecular weight is 276 g/mol. The molecule has 2 amide bonds. The molecule has 1 unspecified atom stereocenters. The lowest BCUT2D eigenvalue weighted by Gasteiger charge is -2.21. The van der Waals surface area contributed by atoms with E-state index in [2.05, 4.69) is 11.4 Å². The molecule has 0 bridgehead atoms. The van der Waals surface area contributed by atoms with Crippen LogP contribution in [0.4, 0.5) is 10.5 Å². The van der Waals surface area contributed by atoms with Crippen molar-refractivity contribution in [2.75, 3.05) is 25.0 Å². The van der Waals surface area contributed by atoms with Gasteiger partial charge in [-0.2, -0.15) is 0 Å². The minimum atomic E-state index is -1.15. The fraction of sp³-hybridized carbons (Fsp3) is 0.533. The molecule has 3 N–H and O–H groups in total. The quantitative estimate of drug-likeness (QED) is 0.784. The Morgan fingerprint density at radius 3 is 2.80 bits per heavy atom. The second-order valence-electron chi connectivity index (χ2n) is 5.85. The molecule has 1 aromatic carbocycles. The molecular formula is C15H20N2O3. The first kappa shape index (κ1) is 13.4. The number of rotatable bonds is 3. The molecule has 0 radical (unpaired) electrons. The number of likely N-dealkylation sites (tertiary alicyclic amines) is 1. The Labute approximate surface area is 118 Å². The van der Waals surface area contributed by atoms with Crippen LogP contribution in [-0.2, 0) is 0 Å². The number of carbonyl (C=O) groups excluding carboxylic acids is 1. The molecule has 2 fully saturated rings. The van der Waals surface area contributed by atoms with Gasteiger partial charge in [-0.15, -0.1) is 0 Å². The number of benzene rings is 1. The molecular weight excluding hydrogens is 256 g/mol. The summed E-state index contributed by atoms with van der Waals surface area (Å²) in [5.74, 6) is 0.569. The van der Waals surface area contributed by atoms with Crippen LogP contribution >= 0.6 is 0 Å². The van der Waals surface area contributed by atoms with Crippen molar-refractivity contribution in [3.05, 3.63) is 29.8 Å². The topological polar surface area (TPSA) is 72.8 Å². The minimum Gasteiger partial charge on any atom is -0.393 e. The Morgan fingerprint density at radius 2 is 2.15 bits per heavy atom. The summed E-state index contributed by atoms with van der Waals surface area (Å²) in [5.41, 5.74) is 0.907. The van der Waals surface area contributed by atoms with Crippen LogP contribution in [0.5, 0.6) is 0 Å². The minimum absolute atomic E-state index is 0.181. The molecule has 1 aliphatic carbocycles. The molecule has 0 aromatic heterocycles. The van der Waals surface area contributed by atoms with Gasteiger partial charge in [-0.1, -0.05) is 18.2 Å². The van der Waals surface area contributed by atoms with E-state index in [1.165, 1.54) is 18.4 Å². The highest BCUT2D eigenvalue weighted by atomic mass is 16.3. The van der Waals surface area contributed by atoms with Gasteiger partial charge in [0.1, 0.15) is 5.60 Å². The number of para-hydroxylation sites is 1. The molecule has 1 aromatic rings. The predicted molar refractivity (Wildman–Crippen MR) is 75.7 cm³/mol. The molecule has 5 nitrogen and oxygen atoms in total. The van der Waals surface area contributed by atoms with Crippen LogP contribution in [0.3, 0.4) is 0 Å². The van der Waals surface area contributed by atoms with Gasteiger partial charge < -0.3 is 20.4 Å². The molecule has 5 heteroatoms. The van der Waals surface area contributed by atoms with E-state index in [1.807, 2.05) is 18.2 Å². The molecule has 1 aliphatic heterocycles. The summed E-state index contributed by atoms with van der Waals surface area (Å²) in [6.07, 6.45) is 2.78. The lowest BCUT2D eigenvalue weighted by atomic mass is 10.1. The number of aliphatic hydroxyl groups excluding tert-OH is 1. The van der Waals surface area contributed by atoms with E-state index in [0.29, 0.717) is 18.9 Å². The van der Waals surface area contributed by atoms with Gasteiger partial charge in [0.2, 0.25) is 0 Å². The summed E-state index contributed by atoms with van der Waals surface area (Å²) in [5, 5.41) is 22.0. The van der Waals surface area contributed by atoms with Crippen LogP contribution in [0.25, 0.3) is 0 Å². The fourth-order valence-electron chi connectivity index (χ4n) is 2.71. The number of hydrogen-bond donors (Lipinski definition) is 3. The molecule has 0 spiro atoms. The Hall–Kier alpha value is -1.59. The maximum Gasteiger partial charge on any atom is 0.321 e. The molecule has 2 aliphatic rings. The van der Waals surface area contributed by atoms with Gasteiger partial charge in [-0.3, -0.25) is 0 Å². The summed E-state index contributed by atoms with van der Waals surface area (Å²) < 4.78 is 0. The number of anilines is 1. The summed E-state index contributed by atoms with van der Waals surface area (Å²) in [6, 6.07) is 7.67. The van der Waals surface area contributed by atoms with Crippen LogP contribution in [-0.4, -0.2) is 46.4 Å². The normalized spacial score (nSPS) is 25.8. The van der Waals surface area contributed by atoms with Crippen molar-refractivity contribution in [2.45, 2.75) is 30.8 Å². The lowest BCUT2D eigenvalue weighted by Crippen LogP contribution is -2.40. The predicted octanol–water partition coefficient (Wildman–Crippen LogP) is 1.52. The first-order valence-corrected chi connectivity index (χ1v) is 7.09.